The first-order valence-electron chi connectivity index (χ1n) is 8.12. The molecule has 1 saturated carbocycles. The Morgan fingerprint density at radius 3 is 2.88 bits per heavy atom. The van der Waals surface area contributed by atoms with Gasteiger partial charge in [-0.2, -0.15) is 0 Å². The van der Waals surface area contributed by atoms with Gasteiger partial charge >= 0.3 is 0 Å². The number of hydrogen-bond acceptors (Lipinski definition) is 3. The molecule has 4 rings (SSSR count). The van der Waals surface area contributed by atoms with Crippen LogP contribution < -0.4 is 0 Å². The number of nitrogens with zero attached hydrogens (tertiary/aromatic N) is 5. The second-order valence-corrected chi connectivity index (χ2v) is 6.80. The largest absolute Gasteiger partial charge is 0.347 e. The van der Waals surface area contributed by atoms with E-state index in [0.717, 1.165) is 19.4 Å². The smallest absolute Gasteiger partial charge is 0.271 e. The zero-order chi connectivity index (χ0) is 16.9. The Morgan fingerprint density at radius 2 is 2.21 bits per heavy atom. The molecule has 0 aromatic carbocycles. The predicted molar refractivity (Wildman–Crippen MR) is 81.5 cm³/mol. The third kappa shape index (κ3) is 2.70. The maximum absolute atomic E-state index is 14.1. The summed E-state index contributed by atoms with van der Waals surface area (Å²) < 4.78 is 31.6. The molecule has 1 atom stereocenters. The Hall–Kier alpha value is -2.25. The zero-order valence-corrected chi connectivity index (χ0v) is 13.4. The summed E-state index contributed by atoms with van der Waals surface area (Å²) >= 11 is 0. The van der Waals surface area contributed by atoms with E-state index in [-0.39, 0.29) is 0 Å². The highest BCUT2D eigenvalue weighted by atomic mass is 19.3. The van der Waals surface area contributed by atoms with Crippen molar-refractivity contribution in [3.8, 4) is 0 Å². The maximum atomic E-state index is 14.1. The molecule has 2 fully saturated rings. The van der Waals surface area contributed by atoms with E-state index < -0.39 is 30.8 Å². The van der Waals surface area contributed by atoms with E-state index >= 15 is 0 Å². The van der Waals surface area contributed by atoms with Gasteiger partial charge in [0.1, 0.15) is 12.0 Å². The summed E-state index contributed by atoms with van der Waals surface area (Å²) in [5.41, 5.74) is 0.394. The van der Waals surface area contributed by atoms with Crippen LogP contribution in [0.15, 0.2) is 24.7 Å². The first kappa shape index (κ1) is 15.3. The fourth-order valence-corrected chi connectivity index (χ4v) is 3.33. The quantitative estimate of drug-likeness (QED) is 0.861. The summed E-state index contributed by atoms with van der Waals surface area (Å²) in [5, 5.41) is 7.95. The normalized spacial score (nSPS) is 23.0. The van der Waals surface area contributed by atoms with Crippen LogP contribution in [0.4, 0.5) is 8.78 Å². The standard InChI is InChI=1S/C16H19F2N5O/c1-21-6-2-3-12(21)15(24)23-9-16(17,18)7-13(23)14-20-19-10-22(14)8-11-4-5-11/h2-3,6,10-11,13H,4-5,7-9H2,1H3/t13-/m0/s1. The van der Waals surface area contributed by atoms with Gasteiger partial charge in [-0.3, -0.25) is 4.79 Å². The van der Waals surface area contributed by atoms with E-state index in [2.05, 4.69) is 10.2 Å². The number of aryl methyl sites for hydroxylation is 1. The molecule has 24 heavy (non-hydrogen) atoms. The average molecular weight is 335 g/mol. The van der Waals surface area contributed by atoms with Crippen molar-refractivity contribution < 1.29 is 13.6 Å². The molecule has 1 aliphatic carbocycles. The lowest BCUT2D eigenvalue weighted by Crippen LogP contribution is -2.35. The number of carbonyl (C=O) groups is 1. The van der Waals surface area contributed by atoms with Gasteiger partial charge in [-0.1, -0.05) is 0 Å². The van der Waals surface area contributed by atoms with Crippen molar-refractivity contribution >= 4 is 5.91 Å². The monoisotopic (exact) mass is 335 g/mol. The van der Waals surface area contributed by atoms with Crippen LogP contribution in [0.1, 0.15) is 41.6 Å². The molecule has 1 amide bonds. The van der Waals surface area contributed by atoms with Crippen LogP contribution in [0, 0.1) is 5.92 Å². The number of hydrogen-bond donors (Lipinski definition) is 0. The highest BCUT2D eigenvalue weighted by Gasteiger charge is 2.49. The van der Waals surface area contributed by atoms with Crippen LogP contribution in [-0.4, -0.2) is 42.6 Å². The van der Waals surface area contributed by atoms with Gasteiger partial charge in [-0.05, 0) is 30.9 Å². The van der Waals surface area contributed by atoms with Gasteiger partial charge in [0.25, 0.3) is 11.8 Å². The Labute approximate surface area is 138 Å². The fraction of sp³-hybridized carbons (Fsp3) is 0.562. The summed E-state index contributed by atoms with van der Waals surface area (Å²) in [6.45, 7) is 0.147. The van der Waals surface area contributed by atoms with E-state index in [1.54, 1.807) is 36.3 Å². The van der Waals surface area contributed by atoms with Gasteiger partial charge in [-0.15, -0.1) is 10.2 Å². The molecule has 8 heteroatoms. The summed E-state index contributed by atoms with van der Waals surface area (Å²) in [7, 11) is 1.73. The van der Waals surface area contributed by atoms with E-state index in [1.807, 2.05) is 4.57 Å². The fourth-order valence-electron chi connectivity index (χ4n) is 3.33. The zero-order valence-electron chi connectivity index (χ0n) is 13.4. The molecule has 0 unspecified atom stereocenters. The van der Waals surface area contributed by atoms with Gasteiger partial charge in [0.05, 0.1) is 12.6 Å². The molecule has 0 N–H and O–H groups in total. The van der Waals surface area contributed by atoms with Crippen molar-refractivity contribution in [2.45, 2.75) is 37.8 Å². The second-order valence-electron chi connectivity index (χ2n) is 6.80. The molecular weight excluding hydrogens is 316 g/mol. The predicted octanol–water partition coefficient (Wildman–Crippen LogP) is 2.25. The average Bonchev–Trinajstić information content (AvgIpc) is 2.92. The van der Waals surface area contributed by atoms with Crippen molar-refractivity contribution in [2.75, 3.05) is 6.54 Å². The number of amides is 1. The number of likely N-dealkylation sites (tertiary alicyclic amines) is 1. The molecule has 3 heterocycles. The van der Waals surface area contributed by atoms with Crippen LogP contribution in [0.2, 0.25) is 0 Å². The number of rotatable bonds is 4. The van der Waals surface area contributed by atoms with Gasteiger partial charge in [0.2, 0.25) is 0 Å². The summed E-state index contributed by atoms with van der Waals surface area (Å²) in [6, 6.07) is 2.63. The molecule has 2 aromatic heterocycles. The Morgan fingerprint density at radius 1 is 1.42 bits per heavy atom. The summed E-state index contributed by atoms with van der Waals surface area (Å²) in [6.07, 6.45) is 5.18. The van der Waals surface area contributed by atoms with Crippen LogP contribution >= 0.6 is 0 Å². The summed E-state index contributed by atoms with van der Waals surface area (Å²) in [4.78, 5) is 14.0. The maximum Gasteiger partial charge on any atom is 0.271 e. The molecule has 0 spiro atoms. The number of aromatic nitrogens is 4. The minimum absolute atomic E-state index is 0.394. The molecule has 6 nitrogen and oxygen atoms in total. The molecule has 1 aliphatic heterocycles. The van der Waals surface area contributed by atoms with Crippen LogP contribution in [-0.2, 0) is 13.6 Å². The molecule has 128 valence electrons. The molecule has 0 bridgehead atoms. The molecule has 0 radical (unpaired) electrons. The topological polar surface area (TPSA) is 56.0 Å². The highest BCUT2D eigenvalue weighted by molar-refractivity contribution is 5.93. The van der Waals surface area contributed by atoms with Crippen molar-refractivity contribution in [2.24, 2.45) is 13.0 Å². The van der Waals surface area contributed by atoms with Crippen molar-refractivity contribution in [1.29, 1.82) is 0 Å². The van der Waals surface area contributed by atoms with Gasteiger partial charge in [0, 0.05) is 26.2 Å². The van der Waals surface area contributed by atoms with Crippen LogP contribution in [0.5, 0.6) is 0 Å². The van der Waals surface area contributed by atoms with E-state index in [1.165, 1.54) is 4.90 Å². The highest BCUT2D eigenvalue weighted by Crippen LogP contribution is 2.41. The van der Waals surface area contributed by atoms with Crippen LogP contribution in [0.3, 0.4) is 0 Å². The third-order valence-corrected chi connectivity index (χ3v) is 4.79. The SMILES string of the molecule is Cn1cccc1C(=O)N1CC(F)(F)C[C@H]1c1nncn1CC1CC1. The third-order valence-electron chi connectivity index (χ3n) is 4.79. The van der Waals surface area contributed by atoms with Gasteiger partial charge in [0.15, 0.2) is 5.82 Å². The Bertz CT molecular complexity index is 764. The number of carbonyl (C=O) groups excluding carboxylic acids is 1. The molecular formula is C16H19F2N5O. The van der Waals surface area contributed by atoms with E-state index in [4.69, 9.17) is 0 Å². The molecule has 2 aromatic rings. The van der Waals surface area contributed by atoms with Crippen molar-refractivity contribution in [3.63, 3.8) is 0 Å². The minimum Gasteiger partial charge on any atom is -0.347 e. The first-order valence-corrected chi connectivity index (χ1v) is 8.12. The summed E-state index contributed by atoms with van der Waals surface area (Å²) in [5.74, 6) is -2.28. The first-order chi connectivity index (χ1) is 11.4. The van der Waals surface area contributed by atoms with Gasteiger partial charge in [-0.25, -0.2) is 8.78 Å². The number of halogens is 2. The Kier molecular flexibility index (Phi) is 3.43. The van der Waals surface area contributed by atoms with E-state index in [0.29, 0.717) is 17.4 Å². The minimum atomic E-state index is -2.91. The Balaban J connectivity index is 1.66. The lowest BCUT2D eigenvalue weighted by molar-refractivity contribution is 0.0116. The van der Waals surface area contributed by atoms with E-state index in [9.17, 15) is 13.6 Å². The van der Waals surface area contributed by atoms with Crippen molar-refractivity contribution in [1.82, 2.24) is 24.2 Å². The molecule has 1 saturated heterocycles. The molecule has 2 aliphatic rings. The lowest BCUT2D eigenvalue weighted by Gasteiger charge is -2.24. The van der Waals surface area contributed by atoms with Crippen LogP contribution in [0.25, 0.3) is 0 Å². The second kappa shape index (κ2) is 5.39. The lowest BCUT2D eigenvalue weighted by atomic mass is 10.1. The van der Waals surface area contributed by atoms with Crippen molar-refractivity contribution in [3.05, 3.63) is 36.2 Å². The van der Waals surface area contributed by atoms with Gasteiger partial charge < -0.3 is 14.0 Å². The number of alkyl halides is 2.